The molecule has 6 heteroatoms. The number of aromatic nitrogens is 1. The molecule has 0 aliphatic carbocycles. The highest BCUT2D eigenvalue weighted by Gasteiger charge is 2.18. The maximum Gasteiger partial charge on any atom is 0.267 e. The average Bonchev–Trinajstić information content (AvgIpc) is 2.85. The van der Waals surface area contributed by atoms with Crippen LogP contribution in [0.2, 0.25) is 0 Å². The molecule has 2 aromatic heterocycles. The highest BCUT2D eigenvalue weighted by molar-refractivity contribution is 7.21. The fourth-order valence-electron chi connectivity index (χ4n) is 2.29. The van der Waals surface area contributed by atoms with Crippen molar-refractivity contribution >= 4 is 38.8 Å². The van der Waals surface area contributed by atoms with E-state index in [1.807, 2.05) is 32.0 Å². The van der Waals surface area contributed by atoms with Crippen LogP contribution in [0.25, 0.3) is 10.2 Å². The molecule has 23 heavy (non-hydrogen) atoms. The molecule has 3 aromatic rings. The maximum atomic E-state index is 12.5. The Bertz CT molecular complexity index is 902. The first-order chi connectivity index (χ1) is 11.0. The predicted molar refractivity (Wildman–Crippen MR) is 94.5 cm³/mol. The molecule has 0 spiro atoms. The molecule has 0 saturated heterocycles. The lowest BCUT2D eigenvalue weighted by Crippen LogP contribution is -2.11. The van der Waals surface area contributed by atoms with Crippen LogP contribution in [0.1, 0.15) is 20.9 Å². The van der Waals surface area contributed by atoms with Crippen molar-refractivity contribution in [3.63, 3.8) is 0 Å². The number of hydrogen-bond acceptors (Lipinski definition) is 5. The molecule has 118 valence electrons. The molecule has 1 aromatic carbocycles. The summed E-state index contributed by atoms with van der Waals surface area (Å²) in [6, 6.07) is 9.17. The second kappa shape index (κ2) is 5.89. The van der Waals surface area contributed by atoms with Crippen LogP contribution < -0.4 is 15.8 Å². The number of amides is 1. The van der Waals surface area contributed by atoms with Crippen molar-refractivity contribution in [2.45, 2.75) is 13.8 Å². The topological polar surface area (TPSA) is 77.2 Å². The Morgan fingerprint density at radius 1 is 1.30 bits per heavy atom. The summed E-state index contributed by atoms with van der Waals surface area (Å²) in [7, 11) is 1.58. The van der Waals surface area contributed by atoms with Gasteiger partial charge in [-0.1, -0.05) is 6.07 Å². The molecule has 0 fully saturated rings. The summed E-state index contributed by atoms with van der Waals surface area (Å²) < 4.78 is 5.16. The van der Waals surface area contributed by atoms with E-state index in [4.69, 9.17) is 10.5 Å². The lowest BCUT2D eigenvalue weighted by molar-refractivity contribution is 0.103. The van der Waals surface area contributed by atoms with Crippen LogP contribution in [0, 0.1) is 13.8 Å². The van der Waals surface area contributed by atoms with E-state index >= 15 is 0 Å². The van der Waals surface area contributed by atoms with Crippen molar-refractivity contribution in [1.82, 2.24) is 4.98 Å². The van der Waals surface area contributed by atoms with Gasteiger partial charge < -0.3 is 15.8 Å². The lowest BCUT2D eigenvalue weighted by atomic mass is 10.1. The van der Waals surface area contributed by atoms with E-state index < -0.39 is 0 Å². The number of fused-ring (bicyclic) bond motifs is 1. The second-order valence-electron chi connectivity index (χ2n) is 5.27. The Hall–Kier alpha value is -2.60. The molecule has 0 aliphatic heterocycles. The molecule has 2 heterocycles. The summed E-state index contributed by atoms with van der Waals surface area (Å²) in [4.78, 5) is 18.3. The molecule has 0 radical (unpaired) electrons. The van der Waals surface area contributed by atoms with Gasteiger partial charge in [-0.15, -0.1) is 11.3 Å². The first-order valence-electron chi connectivity index (χ1n) is 7.11. The number of nitrogens with one attached hydrogen (secondary N) is 1. The first kappa shape index (κ1) is 15.3. The van der Waals surface area contributed by atoms with Crippen molar-refractivity contribution in [1.29, 1.82) is 0 Å². The van der Waals surface area contributed by atoms with Crippen LogP contribution >= 0.6 is 11.3 Å². The van der Waals surface area contributed by atoms with Gasteiger partial charge in [0.2, 0.25) is 0 Å². The SMILES string of the molecule is COc1cccc(NC(=O)c2sc3nc(C)c(C)cc3c2N)c1. The van der Waals surface area contributed by atoms with E-state index in [0.717, 1.165) is 21.5 Å². The van der Waals surface area contributed by atoms with Crippen LogP contribution in [0.4, 0.5) is 11.4 Å². The van der Waals surface area contributed by atoms with E-state index in [1.165, 1.54) is 11.3 Å². The van der Waals surface area contributed by atoms with E-state index in [-0.39, 0.29) is 5.91 Å². The number of pyridine rings is 1. The molecule has 3 N–H and O–H groups in total. The quantitative estimate of drug-likeness (QED) is 0.768. The zero-order valence-electron chi connectivity index (χ0n) is 13.1. The Morgan fingerprint density at radius 2 is 2.09 bits per heavy atom. The van der Waals surface area contributed by atoms with Gasteiger partial charge in [0.1, 0.15) is 15.5 Å². The number of carbonyl (C=O) groups is 1. The Kier molecular flexibility index (Phi) is 3.92. The van der Waals surface area contributed by atoms with Crippen molar-refractivity contribution in [3.8, 4) is 5.75 Å². The third-order valence-corrected chi connectivity index (χ3v) is 4.81. The van der Waals surface area contributed by atoms with Gasteiger partial charge in [0.05, 0.1) is 12.8 Å². The van der Waals surface area contributed by atoms with Gasteiger partial charge >= 0.3 is 0 Å². The highest BCUT2D eigenvalue weighted by atomic mass is 32.1. The molecule has 3 rings (SSSR count). The number of methoxy groups -OCH3 is 1. The number of rotatable bonds is 3. The first-order valence-corrected chi connectivity index (χ1v) is 7.93. The number of nitrogen functional groups attached to an aromatic ring is 1. The summed E-state index contributed by atoms with van der Waals surface area (Å²) in [6.45, 7) is 3.93. The second-order valence-corrected chi connectivity index (χ2v) is 6.27. The smallest absolute Gasteiger partial charge is 0.267 e. The molecule has 5 nitrogen and oxygen atoms in total. The minimum absolute atomic E-state index is 0.242. The minimum atomic E-state index is -0.242. The van der Waals surface area contributed by atoms with Gasteiger partial charge in [-0.3, -0.25) is 4.79 Å². The van der Waals surface area contributed by atoms with E-state index in [0.29, 0.717) is 22.0 Å². The number of nitrogens with zero attached hydrogens (tertiary/aromatic N) is 1. The van der Waals surface area contributed by atoms with Gasteiger partial charge in [0.25, 0.3) is 5.91 Å². The highest BCUT2D eigenvalue weighted by Crippen LogP contribution is 2.34. The van der Waals surface area contributed by atoms with Crippen LogP contribution in [0.5, 0.6) is 5.75 Å². The molecule has 1 amide bonds. The monoisotopic (exact) mass is 327 g/mol. The summed E-state index contributed by atoms with van der Waals surface area (Å²) in [5.41, 5.74) is 9.29. The van der Waals surface area contributed by atoms with Crippen LogP contribution in [-0.4, -0.2) is 18.0 Å². The number of nitrogens with two attached hydrogens (primary N) is 1. The zero-order chi connectivity index (χ0) is 16.6. The summed E-state index contributed by atoms with van der Waals surface area (Å²) >= 11 is 1.30. The van der Waals surface area contributed by atoms with Crippen LogP contribution in [0.3, 0.4) is 0 Å². The molecule has 0 aliphatic rings. The Balaban J connectivity index is 1.96. The number of aryl methyl sites for hydroxylation is 2. The minimum Gasteiger partial charge on any atom is -0.497 e. The molecule has 0 unspecified atom stereocenters. The van der Waals surface area contributed by atoms with Crippen molar-refractivity contribution < 1.29 is 9.53 Å². The number of thiophene rings is 1. The fourth-order valence-corrected chi connectivity index (χ4v) is 3.30. The Labute approximate surface area is 138 Å². The lowest BCUT2D eigenvalue weighted by Gasteiger charge is -2.06. The molecular formula is C17H17N3O2S. The van der Waals surface area contributed by atoms with Crippen molar-refractivity contribution in [3.05, 3.63) is 46.5 Å². The number of benzene rings is 1. The Morgan fingerprint density at radius 3 is 2.83 bits per heavy atom. The van der Waals surface area contributed by atoms with Gasteiger partial charge in [-0.05, 0) is 37.6 Å². The molecule has 0 bridgehead atoms. The van der Waals surface area contributed by atoms with Gasteiger partial charge in [-0.25, -0.2) is 4.98 Å². The van der Waals surface area contributed by atoms with E-state index in [9.17, 15) is 4.79 Å². The zero-order valence-corrected chi connectivity index (χ0v) is 14.0. The van der Waals surface area contributed by atoms with Gasteiger partial charge in [0, 0.05) is 22.8 Å². The summed E-state index contributed by atoms with van der Waals surface area (Å²) in [5.74, 6) is 0.439. The maximum absolute atomic E-state index is 12.5. The number of hydrogen-bond donors (Lipinski definition) is 2. The van der Waals surface area contributed by atoms with Crippen molar-refractivity contribution in [2.75, 3.05) is 18.2 Å². The third-order valence-electron chi connectivity index (χ3n) is 3.70. The number of ether oxygens (including phenoxy) is 1. The average molecular weight is 327 g/mol. The van der Waals surface area contributed by atoms with Crippen LogP contribution in [0.15, 0.2) is 30.3 Å². The number of anilines is 2. The van der Waals surface area contributed by atoms with E-state index in [1.54, 1.807) is 19.2 Å². The van der Waals surface area contributed by atoms with Crippen LogP contribution in [-0.2, 0) is 0 Å². The molecule has 0 atom stereocenters. The largest absolute Gasteiger partial charge is 0.497 e. The van der Waals surface area contributed by atoms with Gasteiger partial charge in [0.15, 0.2) is 0 Å². The van der Waals surface area contributed by atoms with Gasteiger partial charge in [-0.2, -0.15) is 0 Å². The van der Waals surface area contributed by atoms with Crippen molar-refractivity contribution in [2.24, 2.45) is 0 Å². The van der Waals surface area contributed by atoms with E-state index in [2.05, 4.69) is 10.3 Å². The fraction of sp³-hybridized carbons (Fsp3) is 0.176. The normalized spacial score (nSPS) is 10.7. The molecule has 0 saturated carbocycles. The summed E-state index contributed by atoms with van der Waals surface area (Å²) in [5, 5.41) is 3.68. The predicted octanol–water partition coefficient (Wildman–Crippen LogP) is 3.76. The standard InChI is InChI=1S/C17H17N3O2S/c1-9-7-13-14(18)15(23-17(13)19-10(9)2)16(21)20-11-5-4-6-12(8-11)22-3/h4-8H,18H2,1-3H3,(H,20,21). The molecular weight excluding hydrogens is 310 g/mol. The third kappa shape index (κ3) is 2.85. The summed E-state index contributed by atoms with van der Waals surface area (Å²) in [6.07, 6.45) is 0. The number of carbonyl (C=O) groups excluding carboxylic acids is 1.